The molecule has 0 aliphatic heterocycles. The molecule has 2 amide bonds. The molecule has 0 radical (unpaired) electrons. The molecule has 0 bridgehead atoms. The van der Waals surface area contributed by atoms with E-state index in [9.17, 15) is 18.4 Å². The molecule has 3 rings (SSSR count). The van der Waals surface area contributed by atoms with E-state index in [1.807, 2.05) is 44.2 Å². The van der Waals surface area contributed by atoms with Gasteiger partial charge in [0.05, 0.1) is 5.75 Å². The maximum atomic E-state index is 13.5. The van der Waals surface area contributed by atoms with E-state index in [2.05, 4.69) is 5.32 Å². The second-order valence-electron chi connectivity index (χ2n) is 8.64. The maximum absolute atomic E-state index is 13.5. The third kappa shape index (κ3) is 8.51. The maximum Gasteiger partial charge on any atom is 0.243 e. The first kappa shape index (κ1) is 26.4. The average Bonchev–Trinajstić information content (AvgIpc) is 2.84. The molecule has 0 saturated heterocycles. The predicted molar refractivity (Wildman–Crippen MR) is 137 cm³/mol. The SMILES string of the molecule is CC(C)NC(=O)[C@H](Cc1ccccc1)N(Cc1ccc(F)cc1)C(=O)CSCc1ccc(F)cc1. The largest absolute Gasteiger partial charge is 0.352 e. The minimum atomic E-state index is -0.733. The summed E-state index contributed by atoms with van der Waals surface area (Å²) in [6.45, 7) is 3.93. The molecule has 7 heteroatoms. The quantitative estimate of drug-likeness (QED) is 0.389. The molecule has 4 nitrogen and oxygen atoms in total. The molecule has 0 unspecified atom stereocenters. The van der Waals surface area contributed by atoms with Crippen LogP contribution in [0.4, 0.5) is 8.78 Å². The van der Waals surface area contributed by atoms with E-state index in [1.54, 1.807) is 29.2 Å². The van der Waals surface area contributed by atoms with Gasteiger partial charge in [-0.15, -0.1) is 11.8 Å². The van der Waals surface area contributed by atoms with Crippen molar-refractivity contribution in [2.24, 2.45) is 0 Å². The zero-order valence-electron chi connectivity index (χ0n) is 19.9. The second kappa shape index (κ2) is 13.0. The lowest BCUT2D eigenvalue weighted by molar-refractivity contribution is -0.139. The second-order valence-corrected chi connectivity index (χ2v) is 9.62. The average molecular weight is 497 g/mol. The monoisotopic (exact) mass is 496 g/mol. The Hall–Kier alpha value is -3.19. The summed E-state index contributed by atoms with van der Waals surface area (Å²) in [6, 6.07) is 20.9. The Morgan fingerprint density at radius 2 is 1.40 bits per heavy atom. The van der Waals surface area contributed by atoms with Crippen LogP contribution in [0, 0.1) is 11.6 Å². The lowest BCUT2D eigenvalue weighted by atomic mass is 10.0. The van der Waals surface area contributed by atoms with Crippen LogP contribution in [0.2, 0.25) is 0 Å². The molecule has 35 heavy (non-hydrogen) atoms. The van der Waals surface area contributed by atoms with Crippen LogP contribution in [-0.4, -0.2) is 34.6 Å². The molecule has 0 saturated carbocycles. The first-order valence-electron chi connectivity index (χ1n) is 11.5. The number of hydrogen-bond acceptors (Lipinski definition) is 3. The third-order valence-corrected chi connectivity index (χ3v) is 6.36. The summed E-state index contributed by atoms with van der Waals surface area (Å²) < 4.78 is 26.7. The Morgan fingerprint density at radius 3 is 1.97 bits per heavy atom. The first-order chi connectivity index (χ1) is 16.8. The number of nitrogens with zero attached hydrogens (tertiary/aromatic N) is 1. The highest BCUT2D eigenvalue weighted by molar-refractivity contribution is 7.99. The van der Waals surface area contributed by atoms with Gasteiger partial charge in [-0.2, -0.15) is 0 Å². The van der Waals surface area contributed by atoms with Crippen molar-refractivity contribution in [3.63, 3.8) is 0 Å². The Labute approximate surface area is 209 Å². The van der Waals surface area contributed by atoms with E-state index in [-0.39, 0.29) is 41.8 Å². The lowest BCUT2D eigenvalue weighted by Gasteiger charge is -2.32. The molecule has 0 aromatic heterocycles. The summed E-state index contributed by atoms with van der Waals surface area (Å²) in [5.41, 5.74) is 2.58. The fourth-order valence-corrected chi connectivity index (χ4v) is 4.51. The first-order valence-corrected chi connectivity index (χ1v) is 12.7. The van der Waals surface area contributed by atoms with E-state index in [1.165, 1.54) is 36.0 Å². The van der Waals surface area contributed by atoms with Crippen molar-refractivity contribution in [1.82, 2.24) is 10.2 Å². The summed E-state index contributed by atoms with van der Waals surface area (Å²) in [4.78, 5) is 28.3. The lowest BCUT2D eigenvalue weighted by Crippen LogP contribution is -2.52. The molecule has 3 aromatic rings. The number of carbonyl (C=O) groups is 2. The van der Waals surface area contributed by atoms with Gasteiger partial charge in [-0.25, -0.2) is 8.78 Å². The number of thioether (sulfide) groups is 1. The van der Waals surface area contributed by atoms with Crippen molar-refractivity contribution >= 4 is 23.6 Å². The summed E-state index contributed by atoms with van der Waals surface area (Å²) >= 11 is 1.41. The van der Waals surface area contributed by atoms with Crippen LogP contribution >= 0.6 is 11.8 Å². The van der Waals surface area contributed by atoms with Gasteiger partial charge >= 0.3 is 0 Å². The molecule has 1 N–H and O–H groups in total. The number of halogens is 2. The summed E-state index contributed by atoms with van der Waals surface area (Å²) in [7, 11) is 0. The minimum absolute atomic E-state index is 0.0867. The van der Waals surface area contributed by atoms with Crippen LogP contribution < -0.4 is 5.32 Å². The molecule has 0 heterocycles. The van der Waals surface area contributed by atoms with E-state index < -0.39 is 6.04 Å². The van der Waals surface area contributed by atoms with Gasteiger partial charge in [0, 0.05) is 24.8 Å². The van der Waals surface area contributed by atoms with Crippen molar-refractivity contribution < 1.29 is 18.4 Å². The highest BCUT2D eigenvalue weighted by atomic mass is 32.2. The van der Waals surface area contributed by atoms with Crippen molar-refractivity contribution in [3.05, 3.63) is 107 Å². The van der Waals surface area contributed by atoms with Crippen molar-refractivity contribution in [2.45, 2.75) is 44.6 Å². The van der Waals surface area contributed by atoms with E-state index in [4.69, 9.17) is 0 Å². The standard InChI is InChI=1S/C28H30F2N2O2S/c1-20(2)31-28(34)26(16-21-6-4-3-5-7-21)32(17-22-8-12-24(29)13-9-22)27(33)19-35-18-23-10-14-25(30)15-11-23/h3-15,20,26H,16-19H2,1-2H3,(H,31,34)/t26-/m0/s1. The van der Waals surface area contributed by atoms with Crippen molar-refractivity contribution in [2.75, 3.05) is 5.75 Å². The molecule has 3 aromatic carbocycles. The van der Waals surface area contributed by atoms with Gasteiger partial charge in [0.1, 0.15) is 17.7 Å². The van der Waals surface area contributed by atoms with Gasteiger partial charge in [-0.1, -0.05) is 54.6 Å². The number of benzene rings is 3. The van der Waals surface area contributed by atoms with Gasteiger partial charge in [-0.3, -0.25) is 9.59 Å². The van der Waals surface area contributed by atoms with Crippen molar-refractivity contribution in [3.8, 4) is 0 Å². The van der Waals surface area contributed by atoms with E-state index in [0.717, 1.165) is 16.7 Å². The Morgan fingerprint density at radius 1 is 0.829 bits per heavy atom. The van der Waals surface area contributed by atoms with Gasteiger partial charge in [-0.05, 0) is 54.8 Å². The number of hydrogen-bond donors (Lipinski definition) is 1. The number of nitrogens with one attached hydrogen (secondary N) is 1. The van der Waals surface area contributed by atoms with E-state index >= 15 is 0 Å². The summed E-state index contributed by atoms with van der Waals surface area (Å²) in [5.74, 6) is -0.402. The molecular formula is C28H30F2N2O2S. The van der Waals surface area contributed by atoms with Crippen LogP contribution in [0.15, 0.2) is 78.9 Å². The van der Waals surface area contributed by atoms with Gasteiger partial charge < -0.3 is 10.2 Å². The highest BCUT2D eigenvalue weighted by Crippen LogP contribution is 2.19. The fraction of sp³-hybridized carbons (Fsp3) is 0.286. The predicted octanol–water partition coefficient (Wildman–Crippen LogP) is 5.36. The third-order valence-electron chi connectivity index (χ3n) is 5.38. The number of amides is 2. The topological polar surface area (TPSA) is 49.4 Å². The molecular weight excluding hydrogens is 466 g/mol. The molecule has 0 fully saturated rings. The number of carbonyl (C=O) groups excluding carboxylic acids is 2. The van der Waals surface area contributed by atoms with Crippen molar-refractivity contribution in [1.29, 1.82) is 0 Å². The molecule has 184 valence electrons. The van der Waals surface area contributed by atoms with Crippen LogP contribution in [0.3, 0.4) is 0 Å². The minimum Gasteiger partial charge on any atom is -0.352 e. The Balaban J connectivity index is 1.83. The van der Waals surface area contributed by atoms with Gasteiger partial charge in [0.2, 0.25) is 11.8 Å². The summed E-state index contributed by atoms with van der Waals surface area (Å²) in [5, 5.41) is 2.95. The van der Waals surface area contributed by atoms with Gasteiger partial charge in [0.15, 0.2) is 0 Å². The van der Waals surface area contributed by atoms with Crippen LogP contribution in [0.1, 0.15) is 30.5 Å². The molecule has 0 aliphatic carbocycles. The molecule has 1 atom stereocenters. The Bertz CT molecular complexity index is 1090. The molecule has 0 aliphatic rings. The zero-order valence-corrected chi connectivity index (χ0v) is 20.7. The number of rotatable bonds is 11. The molecule has 0 spiro atoms. The Kier molecular flexibility index (Phi) is 9.85. The van der Waals surface area contributed by atoms with Crippen LogP contribution in [-0.2, 0) is 28.3 Å². The zero-order chi connectivity index (χ0) is 25.2. The van der Waals surface area contributed by atoms with Crippen LogP contribution in [0.25, 0.3) is 0 Å². The normalized spacial score (nSPS) is 11.8. The van der Waals surface area contributed by atoms with Gasteiger partial charge in [0.25, 0.3) is 0 Å². The summed E-state index contributed by atoms with van der Waals surface area (Å²) in [6.07, 6.45) is 0.356. The smallest absolute Gasteiger partial charge is 0.243 e. The highest BCUT2D eigenvalue weighted by Gasteiger charge is 2.30. The van der Waals surface area contributed by atoms with E-state index in [0.29, 0.717) is 12.2 Å². The van der Waals surface area contributed by atoms with Crippen LogP contribution in [0.5, 0.6) is 0 Å². The fourth-order valence-electron chi connectivity index (χ4n) is 3.64.